The number of piperidine rings is 1. The fourth-order valence-electron chi connectivity index (χ4n) is 3.34. The molecule has 0 unspecified atom stereocenters. The zero-order valence-corrected chi connectivity index (χ0v) is 15.8. The number of benzene rings is 1. The maximum atomic E-state index is 12.8. The number of rotatable bonds is 8. The van der Waals surface area contributed by atoms with Crippen LogP contribution in [0.3, 0.4) is 0 Å². The Kier molecular flexibility index (Phi) is 7.40. The molecule has 25 heavy (non-hydrogen) atoms. The number of hydrogen-bond acceptors (Lipinski definition) is 4. The van der Waals surface area contributed by atoms with E-state index in [0.717, 1.165) is 6.42 Å². The van der Waals surface area contributed by atoms with Crippen LogP contribution in [0.1, 0.15) is 26.2 Å². The molecular weight excluding hydrogens is 340 g/mol. The Morgan fingerprint density at radius 2 is 2.00 bits per heavy atom. The fraction of sp³-hybridized carbons (Fsp3) is 0.611. The van der Waals surface area contributed by atoms with Crippen molar-refractivity contribution < 1.29 is 17.9 Å². The summed E-state index contributed by atoms with van der Waals surface area (Å²) in [5.74, 6) is 0.426. The summed E-state index contributed by atoms with van der Waals surface area (Å²) in [6.07, 6.45) is 2.01. The van der Waals surface area contributed by atoms with Crippen molar-refractivity contribution in [1.29, 1.82) is 0 Å². The summed E-state index contributed by atoms with van der Waals surface area (Å²) in [5, 5.41) is 2.85. The number of ether oxygens (including phenoxy) is 1. The molecule has 1 aliphatic rings. The molecule has 0 saturated carbocycles. The Hall–Kier alpha value is -1.44. The third-order valence-electron chi connectivity index (χ3n) is 4.84. The van der Waals surface area contributed by atoms with Gasteiger partial charge in [-0.2, -0.15) is 4.31 Å². The SMILES string of the molecule is CC[C@H]1CN(S(=O)(=O)c2ccccc2)CC[C@H]1CC(=O)NCCOC. The summed E-state index contributed by atoms with van der Waals surface area (Å²) >= 11 is 0. The molecule has 0 spiro atoms. The third-order valence-corrected chi connectivity index (χ3v) is 6.71. The van der Waals surface area contributed by atoms with Crippen molar-refractivity contribution in [1.82, 2.24) is 9.62 Å². The van der Waals surface area contributed by atoms with Crippen LogP contribution in [-0.4, -0.2) is 52.0 Å². The van der Waals surface area contributed by atoms with E-state index in [4.69, 9.17) is 4.74 Å². The average Bonchev–Trinajstić information content (AvgIpc) is 2.63. The zero-order valence-electron chi connectivity index (χ0n) is 15.0. The van der Waals surface area contributed by atoms with E-state index >= 15 is 0 Å². The lowest BCUT2D eigenvalue weighted by molar-refractivity contribution is -0.123. The molecule has 1 aliphatic heterocycles. The van der Waals surface area contributed by atoms with Crippen LogP contribution in [0.5, 0.6) is 0 Å². The van der Waals surface area contributed by atoms with E-state index in [0.29, 0.717) is 44.0 Å². The first-order chi connectivity index (χ1) is 12.0. The maximum absolute atomic E-state index is 12.8. The van der Waals surface area contributed by atoms with Crippen LogP contribution in [0.2, 0.25) is 0 Å². The first-order valence-electron chi connectivity index (χ1n) is 8.79. The summed E-state index contributed by atoms with van der Waals surface area (Å²) in [6.45, 7) is 4.00. The lowest BCUT2D eigenvalue weighted by Gasteiger charge is -2.37. The topological polar surface area (TPSA) is 75.7 Å². The second-order valence-electron chi connectivity index (χ2n) is 6.44. The molecule has 1 amide bonds. The molecule has 1 saturated heterocycles. The van der Waals surface area contributed by atoms with Crippen molar-refractivity contribution in [3.05, 3.63) is 30.3 Å². The van der Waals surface area contributed by atoms with Crippen LogP contribution in [0.25, 0.3) is 0 Å². The molecule has 2 rings (SSSR count). The molecule has 2 atom stereocenters. The van der Waals surface area contributed by atoms with Gasteiger partial charge in [-0.1, -0.05) is 31.5 Å². The lowest BCUT2D eigenvalue weighted by atomic mass is 9.82. The number of carbonyl (C=O) groups excluding carboxylic acids is 1. The van der Waals surface area contributed by atoms with Crippen molar-refractivity contribution >= 4 is 15.9 Å². The minimum absolute atomic E-state index is 0.0138. The van der Waals surface area contributed by atoms with Crippen LogP contribution in [-0.2, 0) is 19.6 Å². The normalized spacial score (nSPS) is 21.8. The van der Waals surface area contributed by atoms with Crippen molar-refractivity contribution in [2.45, 2.75) is 31.1 Å². The van der Waals surface area contributed by atoms with Crippen molar-refractivity contribution in [2.75, 3.05) is 33.4 Å². The minimum atomic E-state index is -3.46. The smallest absolute Gasteiger partial charge is 0.243 e. The Morgan fingerprint density at radius 3 is 2.64 bits per heavy atom. The molecule has 1 aromatic carbocycles. The van der Waals surface area contributed by atoms with Crippen LogP contribution in [0.15, 0.2) is 35.2 Å². The molecule has 1 heterocycles. The van der Waals surface area contributed by atoms with Crippen LogP contribution in [0, 0.1) is 11.8 Å². The van der Waals surface area contributed by atoms with Gasteiger partial charge in [-0.05, 0) is 30.4 Å². The summed E-state index contributed by atoms with van der Waals surface area (Å²) in [7, 11) is -1.86. The molecule has 1 N–H and O–H groups in total. The van der Waals surface area contributed by atoms with Gasteiger partial charge < -0.3 is 10.1 Å². The van der Waals surface area contributed by atoms with Gasteiger partial charge in [0.2, 0.25) is 15.9 Å². The van der Waals surface area contributed by atoms with Gasteiger partial charge in [0.25, 0.3) is 0 Å². The Morgan fingerprint density at radius 1 is 1.28 bits per heavy atom. The summed E-state index contributed by atoms with van der Waals surface area (Å²) in [6, 6.07) is 8.54. The van der Waals surface area contributed by atoms with E-state index in [1.807, 2.05) is 6.07 Å². The second kappa shape index (κ2) is 9.31. The number of methoxy groups -OCH3 is 1. The van der Waals surface area contributed by atoms with Gasteiger partial charge in [0.05, 0.1) is 11.5 Å². The molecule has 0 radical (unpaired) electrons. The highest BCUT2D eigenvalue weighted by atomic mass is 32.2. The third kappa shape index (κ3) is 5.26. The van der Waals surface area contributed by atoms with Crippen LogP contribution >= 0.6 is 0 Å². The van der Waals surface area contributed by atoms with E-state index < -0.39 is 10.0 Å². The van der Waals surface area contributed by atoms with Gasteiger partial charge in [0.1, 0.15) is 0 Å². The predicted octanol–water partition coefficient (Wildman–Crippen LogP) is 1.88. The van der Waals surface area contributed by atoms with E-state index in [-0.39, 0.29) is 17.7 Å². The van der Waals surface area contributed by atoms with Gasteiger partial charge in [-0.15, -0.1) is 0 Å². The number of sulfonamides is 1. The first-order valence-corrected chi connectivity index (χ1v) is 10.2. The molecule has 0 bridgehead atoms. The number of amides is 1. The summed E-state index contributed by atoms with van der Waals surface area (Å²) in [4.78, 5) is 12.4. The highest BCUT2D eigenvalue weighted by Crippen LogP contribution is 2.31. The maximum Gasteiger partial charge on any atom is 0.243 e. The monoisotopic (exact) mass is 368 g/mol. The standard InChI is InChI=1S/C18H28N2O4S/c1-3-15-14-20(25(22,23)17-7-5-4-6-8-17)11-9-16(15)13-18(21)19-10-12-24-2/h4-8,15-16H,3,9-14H2,1-2H3,(H,19,21)/t15-,16-/m0/s1. The second-order valence-corrected chi connectivity index (χ2v) is 8.38. The fourth-order valence-corrected chi connectivity index (χ4v) is 4.87. The highest BCUT2D eigenvalue weighted by molar-refractivity contribution is 7.89. The zero-order chi connectivity index (χ0) is 18.3. The number of nitrogens with one attached hydrogen (secondary N) is 1. The number of carbonyl (C=O) groups is 1. The number of nitrogens with zero attached hydrogens (tertiary/aromatic N) is 1. The summed E-state index contributed by atoms with van der Waals surface area (Å²) < 4.78 is 32.1. The van der Waals surface area contributed by atoms with Crippen molar-refractivity contribution in [3.8, 4) is 0 Å². The predicted molar refractivity (Wildman–Crippen MR) is 96.6 cm³/mol. The molecule has 6 nitrogen and oxygen atoms in total. The average molecular weight is 368 g/mol. The van der Waals surface area contributed by atoms with Gasteiger partial charge in [-0.25, -0.2) is 8.42 Å². The first kappa shape index (κ1) is 19.9. The molecular formula is C18H28N2O4S. The Bertz CT molecular complexity index is 648. The van der Waals surface area contributed by atoms with Gasteiger partial charge in [0.15, 0.2) is 0 Å². The quantitative estimate of drug-likeness (QED) is 0.711. The number of hydrogen-bond donors (Lipinski definition) is 1. The van der Waals surface area contributed by atoms with Crippen LogP contribution < -0.4 is 5.32 Å². The van der Waals surface area contributed by atoms with Gasteiger partial charge in [0, 0.05) is 33.2 Å². The van der Waals surface area contributed by atoms with Gasteiger partial charge in [-0.3, -0.25) is 4.79 Å². The minimum Gasteiger partial charge on any atom is -0.383 e. The van der Waals surface area contributed by atoms with Crippen molar-refractivity contribution in [3.63, 3.8) is 0 Å². The van der Waals surface area contributed by atoms with E-state index in [2.05, 4.69) is 12.2 Å². The molecule has 1 aromatic rings. The van der Waals surface area contributed by atoms with E-state index in [9.17, 15) is 13.2 Å². The summed E-state index contributed by atoms with van der Waals surface area (Å²) in [5.41, 5.74) is 0. The Balaban J connectivity index is 1.98. The molecule has 1 fully saturated rings. The molecule has 0 aliphatic carbocycles. The van der Waals surface area contributed by atoms with E-state index in [1.54, 1.807) is 35.7 Å². The molecule has 7 heteroatoms. The van der Waals surface area contributed by atoms with Crippen LogP contribution in [0.4, 0.5) is 0 Å². The molecule has 140 valence electrons. The highest BCUT2D eigenvalue weighted by Gasteiger charge is 2.35. The lowest BCUT2D eigenvalue weighted by Crippen LogP contribution is -2.44. The molecule has 0 aromatic heterocycles. The van der Waals surface area contributed by atoms with Crippen molar-refractivity contribution in [2.24, 2.45) is 11.8 Å². The van der Waals surface area contributed by atoms with Gasteiger partial charge >= 0.3 is 0 Å². The largest absolute Gasteiger partial charge is 0.383 e. The Labute approximate surface area is 150 Å². The van der Waals surface area contributed by atoms with E-state index in [1.165, 1.54) is 0 Å².